The van der Waals surface area contributed by atoms with E-state index in [4.69, 9.17) is 5.11 Å². The van der Waals surface area contributed by atoms with E-state index >= 15 is 0 Å². The fourth-order valence-corrected chi connectivity index (χ4v) is 2.02. The molecule has 3 N–H and O–H groups in total. The summed E-state index contributed by atoms with van der Waals surface area (Å²) < 4.78 is 0. The van der Waals surface area contributed by atoms with E-state index in [2.05, 4.69) is 10.6 Å². The van der Waals surface area contributed by atoms with Gasteiger partial charge in [-0.15, -0.1) is 0 Å². The van der Waals surface area contributed by atoms with E-state index < -0.39 is 24.1 Å². The van der Waals surface area contributed by atoms with E-state index in [-0.39, 0.29) is 12.5 Å². The Bertz CT molecular complexity index is 399. The SMILES string of the molecule is CC(C)(C)N(CC(=O)O)C(=O)NCC(=O)N1CCNCC1. The van der Waals surface area contributed by atoms with Crippen LogP contribution in [0.25, 0.3) is 0 Å². The maximum atomic E-state index is 12.1. The predicted octanol–water partition coefficient (Wildman–Crippen LogP) is -0.687. The number of piperazine rings is 1. The second-order valence-electron chi connectivity index (χ2n) is 5.94. The minimum Gasteiger partial charge on any atom is -0.480 e. The lowest BCUT2D eigenvalue weighted by Gasteiger charge is -2.34. The minimum atomic E-state index is -1.09. The molecule has 8 heteroatoms. The smallest absolute Gasteiger partial charge is 0.323 e. The number of carbonyl (C=O) groups is 3. The molecule has 0 unspecified atom stereocenters. The number of carboxylic acid groups (broad SMARTS) is 1. The molecule has 1 aliphatic heterocycles. The molecule has 0 radical (unpaired) electrons. The topological polar surface area (TPSA) is 102 Å². The number of rotatable bonds is 4. The Hall–Kier alpha value is -1.83. The normalized spacial score (nSPS) is 15.5. The van der Waals surface area contributed by atoms with Crippen molar-refractivity contribution in [1.82, 2.24) is 20.4 Å². The average Bonchev–Trinajstić information content (AvgIpc) is 2.41. The molecule has 0 aromatic rings. The maximum absolute atomic E-state index is 12.1. The van der Waals surface area contributed by atoms with Crippen LogP contribution < -0.4 is 10.6 Å². The van der Waals surface area contributed by atoms with Crippen LogP contribution in [0.2, 0.25) is 0 Å². The first-order valence-corrected chi connectivity index (χ1v) is 6.97. The van der Waals surface area contributed by atoms with E-state index in [0.717, 1.165) is 13.1 Å². The lowest BCUT2D eigenvalue weighted by atomic mass is 10.1. The molecule has 0 saturated carbocycles. The molecule has 0 aromatic carbocycles. The van der Waals surface area contributed by atoms with Crippen molar-refractivity contribution < 1.29 is 19.5 Å². The highest BCUT2D eigenvalue weighted by Crippen LogP contribution is 2.12. The third kappa shape index (κ3) is 5.58. The van der Waals surface area contributed by atoms with Crippen molar-refractivity contribution in [2.45, 2.75) is 26.3 Å². The number of amides is 3. The molecule has 3 amide bonds. The van der Waals surface area contributed by atoms with Crippen molar-refractivity contribution >= 4 is 17.9 Å². The number of aliphatic carboxylic acids is 1. The lowest BCUT2D eigenvalue weighted by molar-refractivity contribution is -0.138. The van der Waals surface area contributed by atoms with E-state index in [9.17, 15) is 14.4 Å². The summed E-state index contributed by atoms with van der Waals surface area (Å²) in [6, 6.07) is -0.548. The highest BCUT2D eigenvalue weighted by molar-refractivity contribution is 5.86. The van der Waals surface area contributed by atoms with Gasteiger partial charge >= 0.3 is 12.0 Å². The monoisotopic (exact) mass is 300 g/mol. The molecule has 0 aromatic heterocycles. The van der Waals surface area contributed by atoms with Crippen LogP contribution in [0.4, 0.5) is 4.79 Å². The summed E-state index contributed by atoms with van der Waals surface area (Å²) in [5, 5.41) is 14.5. The van der Waals surface area contributed by atoms with Gasteiger partial charge < -0.3 is 25.5 Å². The molecule has 1 aliphatic rings. The second-order valence-corrected chi connectivity index (χ2v) is 5.94. The van der Waals surface area contributed by atoms with Crippen LogP contribution in [0.3, 0.4) is 0 Å². The Balaban J connectivity index is 2.53. The molecule has 120 valence electrons. The molecule has 1 saturated heterocycles. The van der Waals surface area contributed by atoms with Crippen LogP contribution in [0.1, 0.15) is 20.8 Å². The number of urea groups is 1. The molecule has 0 aliphatic carbocycles. The molecule has 21 heavy (non-hydrogen) atoms. The number of carbonyl (C=O) groups excluding carboxylic acids is 2. The molecule has 0 atom stereocenters. The molecule has 0 bridgehead atoms. The number of carboxylic acids is 1. The number of nitrogens with one attached hydrogen (secondary N) is 2. The Morgan fingerprint density at radius 3 is 2.29 bits per heavy atom. The van der Waals surface area contributed by atoms with Crippen LogP contribution in [0.15, 0.2) is 0 Å². The van der Waals surface area contributed by atoms with Gasteiger partial charge in [0.25, 0.3) is 0 Å². The van der Waals surface area contributed by atoms with Crippen molar-refractivity contribution in [3.63, 3.8) is 0 Å². The molecular weight excluding hydrogens is 276 g/mol. The highest BCUT2D eigenvalue weighted by atomic mass is 16.4. The Morgan fingerprint density at radius 2 is 1.81 bits per heavy atom. The summed E-state index contributed by atoms with van der Waals surface area (Å²) in [5.74, 6) is -1.25. The molecule has 1 rings (SSSR count). The fourth-order valence-electron chi connectivity index (χ4n) is 2.02. The highest BCUT2D eigenvalue weighted by Gasteiger charge is 2.29. The number of nitrogens with zero attached hydrogens (tertiary/aromatic N) is 2. The molecule has 0 spiro atoms. The van der Waals surface area contributed by atoms with Crippen molar-refractivity contribution in [2.24, 2.45) is 0 Å². The summed E-state index contributed by atoms with van der Waals surface area (Å²) in [5.41, 5.74) is -0.638. The van der Waals surface area contributed by atoms with Gasteiger partial charge in [0.15, 0.2) is 0 Å². The Labute approximate surface area is 124 Å². The van der Waals surface area contributed by atoms with Gasteiger partial charge in [-0.05, 0) is 20.8 Å². The van der Waals surface area contributed by atoms with Gasteiger partial charge in [0.05, 0.1) is 6.54 Å². The van der Waals surface area contributed by atoms with E-state index in [1.807, 2.05) is 0 Å². The van der Waals surface area contributed by atoms with Crippen molar-refractivity contribution in [2.75, 3.05) is 39.3 Å². The van der Waals surface area contributed by atoms with Crippen LogP contribution >= 0.6 is 0 Å². The van der Waals surface area contributed by atoms with Gasteiger partial charge in [-0.3, -0.25) is 9.59 Å². The van der Waals surface area contributed by atoms with Crippen LogP contribution in [0, 0.1) is 0 Å². The first kappa shape index (κ1) is 17.2. The quantitative estimate of drug-likeness (QED) is 0.638. The summed E-state index contributed by atoms with van der Waals surface area (Å²) in [6.07, 6.45) is 0. The minimum absolute atomic E-state index is 0.120. The van der Waals surface area contributed by atoms with Crippen LogP contribution in [0.5, 0.6) is 0 Å². The zero-order chi connectivity index (χ0) is 16.0. The summed E-state index contributed by atoms with van der Waals surface area (Å²) in [4.78, 5) is 37.7. The van der Waals surface area contributed by atoms with Crippen LogP contribution in [-0.4, -0.2) is 77.6 Å². The average molecular weight is 300 g/mol. The summed E-state index contributed by atoms with van der Waals surface area (Å²) >= 11 is 0. The zero-order valence-corrected chi connectivity index (χ0v) is 12.8. The Morgan fingerprint density at radius 1 is 1.24 bits per heavy atom. The molecule has 1 fully saturated rings. The van der Waals surface area contributed by atoms with E-state index in [1.54, 1.807) is 25.7 Å². The van der Waals surface area contributed by atoms with Crippen molar-refractivity contribution in [3.05, 3.63) is 0 Å². The standard InChI is InChI=1S/C13H24N4O4/c1-13(2,3)17(9-11(19)20)12(21)15-8-10(18)16-6-4-14-5-7-16/h14H,4-9H2,1-3H3,(H,15,21)(H,19,20). The van der Waals surface area contributed by atoms with Crippen molar-refractivity contribution in [3.8, 4) is 0 Å². The number of hydrogen-bond acceptors (Lipinski definition) is 4. The van der Waals surface area contributed by atoms with Gasteiger partial charge in [0.1, 0.15) is 6.54 Å². The second kappa shape index (κ2) is 7.26. The van der Waals surface area contributed by atoms with Gasteiger partial charge in [-0.1, -0.05) is 0 Å². The first-order valence-electron chi connectivity index (χ1n) is 6.97. The summed E-state index contributed by atoms with van der Waals surface area (Å²) in [7, 11) is 0. The first-order chi connectivity index (χ1) is 9.71. The van der Waals surface area contributed by atoms with Gasteiger partial charge in [-0.25, -0.2) is 4.79 Å². The molecular formula is C13H24N4O4. The van der Waals surface area contributed by atoms with Crippen molar-refractivity contribution in [1.29, 1.82) is 0 Å². The van der Waals surface area contributed by atoms with Gasteiger partial charge in [0, 0.05) is 31.7 Å². The summed E-state index contributed by atoms with van der Waals surface area (Å²) in [6.45, 7) is 7.43. The zero-order valence-electron chi connectivity index (χ0n) is 12.8. The van der Waals surface area contributed by atoms with Gasteiger partial charge in [-0.2, -0.15) is 0 Å². The molecule has 8 nitrogen and oxygen atoms in total. The lowest BCUT2D eigenvalue weighted by Crippen LogP contribution is -2.55. The Kier molecular flexibility index (Phi) is 5.95. The largest absolute Gasteiger partial charge is 0.480 e. The molecule has 1 heterocycles. The maximum Gasteiger partial charge on any atom is 0.323 e. The number of hydrogen-bond donors (Lipinski definition) is 3. The third-order valence-electron chi connectivity index (χ3n) is 3.21. The van der Waals surface area contributed by atoms with Crippen LogP contribution in [-0.2, 0) is 9.59 Å². The third-order valence-corrected chi connectivity index (χ3v) is 3.21. The van der Waals surface area contributed by atoms with E-state index in [0.29, 0.717) is 13.1 Å². The predicted molar refractivity (Wildman–Crippen MR) is 76.9 cm³/mol. The van der Waals surface area contributed by atoms with Gasteiger partial charge in [0.2, 0.25) is 5.91 Å². The van der Waals surface area contributed by atoms with E-state index in [1.165, 1.54) is 4.90 Å². The fraction of sp³-hybridized carbons (Fsp3) is 0.769.